The quantitative estimate of drug-likeness (QED) is 0.865. The van der Waals surface area contributed by atoms with E-state index in [1.54, 1.807) is 12.1 Å². The molecule has 21 heavy (non-hydrogen) atoms. The highest BCUT2D eigenvalue weighted by atomic mass is 32.2. The maximum absolute atomic E-state index is 11.7. The van der Waals surface area contributed by atoms with Gasteiger partial charge in [0.05, 0.1) is 4.90 Å². The molecule has 1 saturated carbocycles. The van der Waals surface area contributed by atoms with Crippen molar-refractivity contribution < 1.29 is 8.42 Å². The molecule has 5 nitrogen and oxygen atoms in total. The van der Waals surface area contributed by atoms with Gasteiger partial charge in [-0.05, 0) is 56.6 Å². The van der Waals surface area contributed by atoms with Crippen LogP contribution in [0.1, 0.15) is 25.7 Å². The average Bonchev–Trinajstić information content (AvgIpc) is 2.54. The molecular formula is C15H25N3O2S. The normalized spacial score (nSPS) is 23.0. The summed E-state index contributed by atoms with van der Waals surface area (Å²) in [5.41, 5.74) is 6.93. The summed E-state index contributed by atoms with van der Waals surface area (Å²) >= 11 is 0. The molecule has 1 aromatic rings. The first-order valence-electron chi connectivity index (χ1n) is 7.46. The summed E-state index contributed by atoms with van der Waals surface area (Å²) in [4.78, 5) is 2.54. The highest BCUT2D eigenvalue weighted by molar-refractivity contribution is 7.89. The van der Waals surface area contributed by atoms with Crippen molar-refractivity contribution in [2.45, 2.75) is 36.6 Å². The summed E-state index contributed by atoms with van der Waals surface area (Å²) in [6.45, 7) is 0.710. The Kier molecular flexibility index (Phi) is 5.24. The number of hydrogen-bond donors (Lipinski definition) is 2. The monoisotopic (exact) mass is 311 g/mol. The fourth-order valence-corrected chi connectivity index (χ4v) is 3.87. The van der Waals surface area contributed by atoms with E-state index in [0.717, 1.165) is 12.1 Å². The molecule has 2 rings (SSSR count). The number of sulfonamides is 1. The van der Waals surface area contributed by atoms with Gasteiger partial charge in [0.1, 0.15) is 0 Å². The average molecular weight is 311 g/mol. The Hall–Kier alpha value is -1.11. The zero-order chi connectivity index (χ0) is 15.5. The molecule has 1 fully saturated rings. The number of nitrogens with two attached hydrogens (primary N) is 1. The molecule has 1 aromatic carbocycles. The highest BCUT2D eigenvalue weighted by Gasteiger charge is 2.27. The summed E-state index contributed by atoms with van der Waals surface area (Å²) in [6.07, 6.45) is 4.82. The highest BCUT2D eigenvalue weighted by Crippen LogP contribution is 2.30. The van der Waals surface area contributed by atoms with Gasteiger partial charge in [-0.2, -0.15) is 0 Å². The topological polar surface area (TPSA) is 75.4 Å². The zero-order valence-corrected chi connectivity index (χ0v) is 13.6. The molecule has 2 unspecified atom stereocenters. The molecule has 0 bridgehead atoms. The molecule has 0 heterocycles. The van der Waals surface area contributed by atoms with Crippen molar-refractivity contribution in [1.82, 2.24) is 4.72 Å². The van der Waals surface area contributed by atoms with Crippen molar-refractivity contribution in [1.29, 1.82) is 0 Å². The Bertz CT molecular complexity index is 557. The van der Waals surface area contributed by atoms with E-state index in [1.807, 2.05) is 12.1 Å². The standard InChI is InChI=1S/C15H25N3O2S/c1-17-21(19,20)14-9-7-13(8-10-14)18(2)15-6-4-3-5-12(15)11-16/h7-10,12,15,17H,3-6,11,16H2,1-2H3. The molecule has 3 N–H and O–H groups in total. The Morgan fingerprint density at radius 3 is 2.43 bits per heavy atom. The van der Waals surface area contributed by atoms with E-state index in [0.29, 0.717) is 23.4 Å². The number of benzene rings is 1. The third kappa shape index (κ3) is 3.56. The Morgan fingerprint density at radius 2 is 1.86 bits per heavy atom. The number of rotatable bonds is 5. The van der Waals surface area contributed by atoms with Gasteiger partial charge in [0.2, 0.25) is 10.0 Å². The lowest BCUT2D eigenvalue weighted by Crippen LogP contribution is -2.43. The van der Waals surface area contributed by atoms with Crippen LogP contribution < -0.4 is 15.4 Å². The van der Waals surface area contributed by atoms with Gasteiger partial charge < -0.3 is 10.6 Å². The molecule has 1 aliphatic carbocycles. The van der Waals surface area contributed by atoms with Crippen LogP contribution >= 0.6 is 0 Å². The Balaban J connectivity index is 2.18. The maximum Gasteiger partial charge on any atom is 0.240 e. The van der Waals surface area contributed by atoms with Gasteiger partial charge in [-0.25, -0.2) is 13.1 Å². The van der Waals surface area contributed by atoms with E-state index < -0.39 is 10.0 Å². The molecule has 0 radical (unpaired) electrons. The van der Waals surface area contributed by atoms with Crippen LogP contribution in [0.15, 0.2) is 29.2 Å². The van der Waals surface area contributed by atoms with Gasteiger partial charge in [0.15, 0.2) is 0 Å². The fraction of sp³-hybridized carbons (Fsp3) is 0.600. The van der Waals surface area contributed by atoms with Crippen LogP contribution in [0.2, 0.25) is 0 Å². The minimum absolute atomic E-state index is 0.293. The van der Waals surface area contributed by atoms with Crippen LogP contribution in [0, 0.1) is 5.92 Å². The minimum Gasteiger partial charge on any atom is -0.371 e. The van der Waals surface area contributed by atoms with Gasteiger partial charge in [-0.3, -0.25) is 0 Å². The van der Waals surface area contributed by atoms with Crippen molar-refractivity contribution in [2.75, 3.05) is 25.5 Å². The lowest BCUT2D eigenvalue weighted by molar-refractivity contribution is 0.306. The number of nitrogens with zero attached hydrogens (tertiary/aromatic N) is 1. The Labute approximate surface area is 127 Å². The largest absolute Gasteiger partial charge is 0.371 e. The lowest BCUT2D eigenvalue weighted by Gasteiger charge is -2.39. The second-order valence-corrected chi connectivity index (χ2v) is 7.55. The number of hydrogen-bond acceptors (Lipinski definition) is 4. The van der Waals surface area contributed by atoms with Crippen LogP contribution in [-0.2, 0) is 10.0 Å². The van der Waals surface area contributed by atoms with Crippen LogP contribution in [0.4, 0.5) is 5.69 Å². The predicted molar refractivity (Wildman–Crippen MR) is 85.9 cm³/mol. The summed E-state index contributed by atoms with van der Waals surface area (Å²) in [5.74, 6) is 0.518. The van der Waals surface area contributed by atoms with Crippen molar-refractivity contribution in [3.8, 4) is 0 Å². The van der Waals surface area contributed by atoms with Crippen molar-refractivity contribution in [3.63, 3.8) is 0 Å². The molecule has 0 saturated heterocycles. The van der Waals surface area contributed by atoms with Crippen molar-refractivity contribution in [2.24, 2.45) is 11.7 Å². The number of nitrogens with one attached hydrogen (secondary N) is 1. The molecule has 6 heteroatoms. The molecule has 0 spiro atoms. The van der Waals surface area contributed by atoms with Crippen LogP contribution in [-0.4, -0.2) is 35.1 Å². The van der Waals surface area contributed by atoms with E-state index >= 15 is 0 Å². The van der Waals surface area contributed by atoms with Gasteiger partial charge in [-0.15, -0.1) is 0 Å². The van der Waals surface area contributed by atoms with E-state index in [1.165, 1.54) is 26.3 Å². The first-order valence-corrected chi connectivity index (χ1v) is 8.94. The summed E-state index contributed by atoms with van der Waals surface area (Å²) in [6, 6.07) is 7.48. The SMILES string of the molecule is CNS(=O)(=O)c1ccc(N(C)C2CCCCC2CN)cc1. The number of anilines is 1. The molecule has 0 aromatic heterocycles. The van der Waals surface area contributed by atoms with Gasteiger partial charge in [0, 0.05) is 18.8 Å². The third-order valence-electron chi connectivity index (χ3n) is 4.49. The van der Waals surface area contributed by atoms with Gasteiger partial charge in [0.25, 0.3) is 0 Å². The van der Waals surface area contributed by atoms with Crippen LogP contribution in [0.3, 0.4) is 0 Å². The third-order valence-corrected chi connectivity index (χ3v) is 5.92. The van der Waals surface area contributed by atoms with E-state index in [-0.39, 0.29) is 0 Å². The van der Waals surface area contributed by atoms with Crippen molar-refractivity contribution >= 4 is 15.7 Å². The fourth-order valence-electron chi connectivity index (χ4n) is 3.14. The summed E-state index contributed by atoms with van der Waals surface area (Å²) in [5, 5.41) is 0. The van der Waals surface area contributed by atoms with Crippen LogP contribution in [0.25, 0.3) is 0 Å². The maximum atomic E-state index is 11.7. The lowest BCUT2D eigenvalue weighted by atomic mass is 9.83. The second kappa shape index (κ2) is 6.77. The molecule has 1 aliphatic rings. The van der Waals surface area contributed by atoms with E-state index in [4.69, 9.17) is 5.73 Å². The second-order valence-electron chi connectivity index (χ2n) is 5.66. The van der Waals surface area contributed by atoms with Gasteiger partial charge >= 0.3 is 0 Å². The molecule has 2 atom stereocenters. The Morgan fingerprint density at radius 1 is 1.24 bits per heavy atom. The van der Waals surface area contributed by atoms with E-state index in [2.05, 4.69) is 16.7 Å². The van der Waals surface area contributed by atoms with Crippen molar-refractivity contribution in [3.05, 3.63) is 24.3 Å². The molecule has 118 valence electrons. The summed E-state index contributed by atoms with van der Waals surface area (Å²) in [7, 11) is 0.120. The molecular weight excluding hydrogens is 286 g/mol. The summed E-state index contributed by atoms with van der Waals surface area (Å²) < 4.78 is 25.8. The predicted octanol–water partition coefficient (Wildman–Crippen LogP) is 1.55. The van der Waals surface area contributed by atoms with Gasteiger partial charge in [-0.1, -0.05) is 12.8 Å². The molecule has 0 amide bonds. The van der Waals surface area contributed by atoms with Crippen LogP contribution in [0.5, 0.6) is 0 Å². The first kappa shape index (κ1) is 16.3. The van der Waals surface area contributed by atoms with E-state index in [9.17, 15) is 8.42 Å². The smallest absolute Gasteiger partial charge is 0.240 e. The first-order chi connectivity index (χ1) is 9.99. The molecule has 0 aliphatic heterocycles. The zero-order valence-electron chi connectivity index (χ0n) is 12.7. The minimum atomic E-state index is -3.37.